The predicted octanol–water partition coefficient (Wildman–Crippen LogP) is 3.03. The molecule has 0 aliphatic heterocycles. The van der Waals surface area contributed by atoms with Gasteiger partial charge in [0, 0.05) is 11.8 Å². The van der Waals surface area contributed by atoms with E-state index in [4.69, 9.17) is 0 Å². The molecule has 2 aliphatic carbocycles. The Kier molecular flexibility index (Phi) is 1.16. The quantitative estimate of drug-likeness (QED) is 0.473. The Bertz CT molecular complexity index is 290. The van der Waals surface area contributed by atoms with Gasteiger partial charge in [0.25, 0.3) is 0 Å². The Morgan fingerprint density at radius 3 is 1.00 bits per heavy atom. The molecule has 12 heavy (non-hydrogen) atoms. The van der Waals surface area contributed by atoms with Crippen LogP contribution in [0.2, 0.25) is 0 Å². The second-order valence-corrected chi connectivity index (χ2v) is 3.54. The molecule has 0 aromatic carbocycles. The topological polar surface area (TPSA) is 0 Å². The molecule has 0 aromatic rings. The molecule has 0 heterocycles. The maximum Gasteiger partial charge on any atom is 0.0299 e. The zero-order valence-electron chi connectivity index (χ0n) is 7.19. The van der Waals surface area contributed by atoms with Crippen molar-refractivity contribution in [2.45, 2.75) is 0 Å². The fraction of sp³-hybridized carbons (Fsp3) is 0.167. The lowest BCUT2D eigenvalue weighted by Crippen LogP contribution is -2.05. The number of fused-ring (bicyclic) bond motifs is 2. The Balaban J connectivity index is 2.63. The third-order valence-electron chi connectivity index (χ3n) is 2.96. The van der Waals surface area contributed by atoms with E-state index in [9.17, 15) is 0 Å². The molecular weight excluding hydrogens is 144 g/mol. The molecular formula is C12H12. The van der Waals surface area contributed by atoms with Crippen LogP contribution < -0.4 is 0 Å². The van der Waals surface area contributed by atoms with E-state index < -0.39 is 0 Å². The van der Waals surface area contributed by atoms with E-state index in [0.717, 1.165) is 22.3 Å². The molecule has 2 rings (SSSR count). The second kappa shape index (κ2) is 1.89. The van der Waals surface area contributed by atoms with Crippen molar-refractivity contribution in [2.24, 2.45) is 11.8 Å². The van der Waals surface area contributed by atoms with Gasteiger partial charge in [-0.25, -0.2) is 0 Å². The van der Waals surface area contributed by atoms with Gasteiger partial charge in [0.15, 0.2) is 0 Å². The highest BCUT2D eigenvalue weighted by molar-refractivity contribution is 5.67. The maximum absolute atomic E-state index is 4.04. The van der Waals surface area contributed by atoms with E-state index >= 15 is 0 Å². The van der Waals surface area contributed by atoms with Gasteiger partial charge in [-0.15, -0.1) is 0 Å². The van der Waals surface area contributed by atoms with Gasteiger partial charge in [0.2, 0.25) is 0 Å². The zero-order valence-corrected chi connectivity index (χ0v) is 7.19. The SMILES string of the molecule is C=C1C(=C)C2C(=C)C(=C)C1C2=C. The maximum atomic E-state index is 4.04. The minimum absolute atomic E-state index is 0.245. The first-order valence-corrected chi connectivity index (χ1v) is 4.00. The van der Waals surface area contributed by atoms with Crippen LogP contribution in [0.3, 0.4) is 0 Å². The van der Waals surface area contributed by atoms with Crippen LogP contribution in [0.1, 0.15) is 0 Å². The summed E-state index contributed by atoms with van der Waals surface area (Å²) in [6.07, 6.45) is 0. The lowest BCUT2D eigenvalue weighted by Gasteiger charge is -2.18. The number of hydrogen-bond donors (Lipinski definition) is 0. The molecule has 0 atom stereocenters. The van der Waals surface area contributed by atoms with Gasteiger partial charge in [0.1, 0.15) is 0 Å². The summed E-state index contributed by atoms with van der Waals surface area (Å²) in [5.74, 6) is 0.491. The summed E-state index contributed by atoms with van der Waals surface area (Å²) in [7, 11) is 0. The number of allylic oxidation sites excluding steroid dienone is 5. The van der Waals surface area contributed by atoms with Crippen molar-refractivity contribution in [3.63, 3.8) is 0 Å². The molecule has 2 fully saturated rings. The van der Waals surface area contributed by atoms with Gasteiger partial charge in [-0.2, -0.15) is 0 Å². The molecule has 0 unspecified atom stereocenters. The standard InChI is InChI=1S/C12H12/c1-6-7(2)12-9(4)8(3)11(6)10(12)5/h11-12H,1-5H2. The summed E-state index contributed by atoms with van der Waals surface area (Å²) in [4.78, 5) is 0. The largest absolute Gasteiger partial charge is 0.0979 e. The Labute approximate surface area is 73.3 Å². The molecule has 0 nitrogen and oxygen atoms in total. The smallest absolute Gasteiger partial charge is 0.0299 e. The van der Waals surface area contributed by atoms with Gasteiger partial charge in [-0.3, -0.25) is 0 Å². The summed E-state index contributed by atoms with van der Waals surface area (Å²) in [5.41, 5.74) is 5.51. The molecule has 2 aliphatic rings. The van der Waals surface area contributed by atoms with Crippen LogP contribution in [0.4, 0.5) is 0 Å². The molecule has 2 bridgehead atoms. The van der Waals surface area contributed by atoms with E-state index in [1.165, 1.54) is 5.57 Å². The van der Waals surface area contributed by atoms with Gasteiger partial charge < -0.3 is 0 Å². The second-order valence-electron chi connectivity index (χ2n) is 3.54. The molecule has 0 heteroatoms. The Morgan fingerprint density at radius 1 is 0.583 bits per heavy atom. The van der Waals surface area contributed by atoms with Gasteiger partial charge in [-0.05, 0) is 22.3 Å². The first-order chi connectivity index (χ1) is 5.55. The lowest BCUT2D eigenvalue weighted by atomic mass is 9.85. The number of hydrogen-bond acceptors (Lipinski definition) is 0. The van der Waals surface area contributed by atoms with Crippen LogP contribution in [0, 0.1) is 11.8 Å². The van der Waals surface area contributed by atoms with Crippen molar-refractivity contribution in [3.05, 3.63) is 60.8 Å². The fourth-order valence-electron chi connectivity index (χ4n) is 2.22. The minimum Gasteiger partial charge on any atom is -0.0979 e. The molecule has 0 spiro atoms. The minimum atomic E-state index is 0.245. The first kappa shape index (κ1) is 7.35. The van der Waals surface area contributed by atoms with Gasteiger partial charge in [0.05, 0.1) is 0 Å². The Morgan fingerprint density at radius 2 is 0.833 bits per heavy atom. The molecule has 0 saturated heterocycles. The van der Waals surface area contributed by atoms with Gasteiger partial charge >= 0.3 is 0 Å². The highest BCUT2D eigenvalue weighted by atomic mass is 14.5. The van der Waals surface area contributed by atoms with Crippen LogP contribution in [0.15, 0.2) is 60.8 Å². The summed E-state index contributed by atoms with van der Waals surface area (Å²) >= 11 is 0. The molecule has 0 amide bonds. The van der Waals surface area contributed by atoms with E-state index in [2.05, 4.69) is 32.9 Å². The third-order valence-corrected chi connectivity index (χ3v) is 2.96. The fourth-order valence-corrected chi connectivity index (χ4v) is 2.22. The van der Waals surface area contributed by atoms with Crippen LogP contribution in [0.5, 0.6) is 0 Å². The van der Waals surface area contributed by atoms with E-state index in [1.807, 2.05) is 0 Å². The summed E-state index contributed by atoms with van der Waals surface area (Å²) in [6, 6.07) is 0. The normalized spacial score (nSPS) is 33.8. The Hall–Kier alpha value is -1.30. The summed E-state index contributed by atoms with van der Waals surface area (Å²) < 4.78 is 0. The predicted molar refractivity (Wildman–Crippen MR) is 52.7 cm³/mol. The lowest BCUT2D eigenvalue weighted by molar-refractivity contribution is 0.961. The van der Waals surface area contributed by atoms with E-state index in [0.29, 0.717) is 0 Å². The third kappa shape index (κ3) is 0.547. The molecule has 0 radical (unpaired) electrons. The molecule has 0 N–H and O–H groups in total. The molecule has 2 saturated carbocycles. The van der Waals surface area contributed by atoms with Crippen LogP contribution in [0.25, 0.3) is 0 Å². The first-order valence-electron chi connectivity index (χ1n) is 4.00. The van der Waals surface area contributed by atoms with Crippen molar-refractivity contribution in [2.75, 3.05) is 0 Å². The van der Waals surface area contributed by atoms with Crippen molar-refractivity contribution in [1.82, 2.24) is 0 Å². The van der Waals surface area contributed by atoms with Gasteiger partial charge in [-0.1, -0.05) is 38.5 Å². The highest BCUT2D eigenvalue weighted by Gasteiger charge is 2.45. The van der Waals surface area contributed by atoms with Crippen LogP contribution >= 0.6 is 0 Å². The zero-order chi connectivity index (χ0) is 9.04. The summed E-state index contributed by atoms with van der Waals surface area (Å²) in [6.45, 7) is 20.0. The van der Waals surface area contributed by atoms with Crippen LogP contribution in [-0.2, 0) is 0 Å². The van der Waals surface area contributed by atoms with Crippen molar-refractivity contribution < 1.29 is 0 Å². The summed E-state index contributed by atoms with van der Waals surface area (Å²) in [5, 5.41) is 0. The average molecular weight is 156 g/mol. The monoisotopic (exact) mass is 156 g/mol. The van der Waals surface area contributed by atoms with E-state index in [1.54, 1.807) is 0 Å². The average Bonchev–Trinajstić information content (AvgIpc) is 2.33. The van der Waals surface area contributed by atoms with Crippen molar-refractivity contribution in [3.8, 4) is 0 Å². The van der Waals surface area contributed by atoms with Crippen molar-refractivity contribution in [1.29, 1.82) is 0 Å². The van der Waals surface area contributed by atoms with Crippen molar-refractivity contribution >= 4 is 0 Å². The highest BCUT2D eigenvalue weighted by Crippen LogP contribution is 2.57. The number of rotatable bonds is 0. The van der Waals surface area contributed by atoms with Crippen LogP contribution in [-0.4, -0.2) is 0 Å². The molecule has 60 valence electrons. The van der Waals surface area contributed by atoms with E-state index in [-0.39, 0.29) is 11.8 Å². The molecule has 0 aromatic heterocycles.